The van der Waals surface area contributed by atoms with E-state index in [1.54, 1.807) is 24.3 Å². The summed E-state index contributed by atoms with van der Waals surface area (Å²) in [5, 5.41) is 5.53. The Morgan fingerprint density at radius 1 is 1.00 bits per heavy atom. The van der Waals surface area contributed by atoms with Crippen molar-refractivity contribution in [2.75, 3.05) is 11.9 Å². The average Bonchev–Trinajstić information content (AvgIpc) is 2.72. The van der Waals surface area contributed by atoms with E-state index in [1.807, 2.05) is 51.1 Å². The van der Waals surface area contributed by atoms with Gasteiger partial charge in [-0.2, -0.15) is 0 Å². The van der Waals surface area contributed by atoms with Crippen molar-refractivity contribution < 1.29 is 19.1 Å². The molecule has 2 aromatic carbocycles. The second kappa shape index (κ2) is 11.0. The van der Waals surface area contributed by atoms with E-state index >= 15 is 0 Å². The van der Waals surface area contributed by atoms with Crippen LogP contribution in [0.25, 0.3) is 0 Å². The van der Waals surface area contributed by atoms with E-state index in [9.17, 15) is 9.59 Å². The van der Waals surface area contributed by atoms with Gasteiger partial charge in [0, 0.05) is 5.69 Å². The molecule has 0 spiro atoms. The van der Waals surface area contributed by atoms with E-state index in [4.69, 9.17) is 9.47 Å². The molecular weight excluding hydrogens is 356 g/mol. The van der Waals surface area contributed by atoms with Crippen LogP contribution >= 0.6 is 0 Å². The number of rotatable bonds is 9. The molecule has 150 valence electrons. The van der Waals surface area contributed by atoms with Crippen LogP contribution in [-0.2, 0) is 16.1 Å². The van der Waals surface area contributed by atoms with Gasteiger partial charge < -0.3 is 20.1 Å². The van der Waals surface area contributed by atoms with Gasteiger partial charge in [0.15, 0.2) is 0 Å². The maximum atomic E-state index is 12.7. The molecule has 6 nitrogen and oxygen atoms in total. The molecule has 0 unspecified atom stereocenters. The molecule has 28 heavy (non-hydrogen) atoms. The SMILES string of the molecule is CCOc1ccc(NC(=O)[C@H](NC(=O)OCc2ccccc2)[C@H](C)CC)cc1. The molecule has 0 aliphatic carbocycles. The van der Waals surface area contributed by atoms with Crippen molar-refractivity contribution in [2.24, 2.45) is 5.92 Å². The molecule has 0 aromatic heterocycles. The Morgan fingerprint density at radius 3 is 2.29 bits per heavy atom. The molecule has 2 atom stereocenters. The molecule has 0 heterocycles. The van der Waals surface area contributed by atoms with Gasteiger partial charge in [0.2, 0.25) is 5.91 Å². The molecule has 2 N–H and O–H groups in total. The Morgan fingerprint density at radius 2 is 1.68 bits per heavy atom. The van der Waals surface area contributed by atoms with E-state index in [-0.39, 0.29) is 18.4 Å². The molecule has 0 saturated heterocycles. The number of ether oxygens (including phenoxy) is 2. The number of benzene rings is 2. The predicted molar refractivity (Wildman–Crippen MR) is 109 cm³/mol. The summed E-state index contributed by atoms with van der Waals surface area (Å²) in [4.78, 5) is 24.9. The molecule has 2 rings (SSSR count). The van der Waals surface area contributed by atoms with Crippen molar-refractivity contribution in [3.8, 4) is 5.75 Å². The predicted octanol–water partition coefficient (Wildman–Crippen LogP) is 4.36. The van der Waals surface area contributed by atoms with E-state index in [0.29, 0.717) is 12.3 Å². The van der Waals surface area contributed by atoms with Crippen LogP contribution < -0.4 is 15.4 Å². The molecule has 6 heteroatoms. The Balaban J connectivity index is 1.95. The van der Waals surface area contributed by atoms with E-state index in [1.165, 1.54) is 0 Å². The van der Waals surface area contributed by atoms with Crippen LogP contribution in [-0.4, -0.2) is 24.6 Å². The van der Waals surface area contributed by atoms with Crippen molar-refractivity contribution in [2.45, 2.75) is 39.8 Å². The zero-order chi connectivity index (χ0) is 20.4. The lowest BCUT2D eigenvalue weighted by Gasteiger charge is -2.23. The van der Waals surface area contributed by atoms with Gasteiger partial charge >= 0.3 is 6.09 Å². The van der Waals surface area contributed by atoms with Gasteiger partial charge in [-0.25, -0.2) is 4.79 Å². The molecule has 2 amide bonds. The Hall–Kier alpha value is -3.02. The number of alkyl carbamates (subject to hydrolysis) is 1. The zero-order valence-electron chi connectivity index (χ0n) is 16.6. The molecular formula is C22H28N2O4. The minimum Gasteiger partial charge on any atom is -0.494 e. The fraction of sp³-hybridized carbons (Fsp3) is 0.364. The topological polar surface area (TPSA) is 76.7 Å². The number of anilines is 1. The molecule has 0 bridgehead atoms. The second-order valence-electron chi connectivity index (χ2n) is 6.52. The molecule has 0 fully saturated rings. The van der Waals surface area contributed by atoms with Gasteiger partial charge in [-0.15, -0.1) is 0 Å². The smallest absolute Gasteiger partial charge is 0.408 e. The summed E-state index contributed by atoms with van der Waals surface area (Å²) in [7, 11) is 0. The van der Waals surface area contributed by atoms with Crippen molar-refractivity contribution in [3.05, 3.63) is 60.2 Å². The number of carbonyl (C=O) groups is 2. The summed E-state index contributed by atoms with van der Waals surface area (Å²) < 4.78 is 10.6. The minimum absolute atomic E-state index is 0.0491. The van der Waals surface area contributed by atoms with Crippen molar-refractivity contribution in [1.82, 2.24) is 5.32 Å². The zero-order valence-corrected chi connectivity index (χ0v) is 16.6. The first-order valence-corrected chi connectivity index (χ1v) is 9.54. The highest BCUT2D eigenvalue weighted by Gasteiger charge is 2.26. The first-order chi connectivity index (χ1) is 13.5. The normalized spacial score (nSPS) is 12.5. The van der Waals surface area contributed by atoms with Crippen LogP contribution in [0.3, 0.4) is 0 Å². The molecule has 2 aromatic rings. The van der Waals surface area contributed by atoms with Gasteiger partial charge in [-0.05, 0) is 42.7 Å². The Labute approximate surface area is 166 Å². The standard InChI is InChI=1S/C22H28N2O4/c1-4-16(3)20(24-22(26)28-15-17-9-7-6-8-10-17)21(25)23-18-11-13-19(14-12-18)27-5-2/h6-14,16,20H,4-5,15H2,1-3H3,(H,23,25)(H,24,26)/t16-,20-/m1/s1. The maximum Gasteiger partial charge on any atom is 0.408 e. The van der Waals surface area contributed by atoms with Crippen LogP contribution in [0.1, 0.15) is 32.8 Å². The molecule has 0 radical (unpaired) electrons. The monoisotopic (exact) mass is 384 g/mol. The lowest BCUT2D eigenvalue weighted by atomic mass is 9.98. The fourth-order valence-electron chi connectivity index (χ4n) is 2.61. The third-order valence-corrected chi connectivity index (χ3v) is 4.41. The van der Waals surface area contributed by atoms with Crippen LogP contribution in [0.4, 0.5) is 10.5 Å². The van der Waals surface area contributed by atoms with Gasteiger partial charge in [-0.1, -0.05) is 50.6 Å². The summed E-state index contributed by atoms with van der Waals surface area (Å²) in [6.45, 7) is 6.53. The number of hydrogen-bond donors (Lipinski definition) is 2. The third kappa shape index (κ3) is 6.61. The lowest BCUT2D eigenvalue weighted by Crippen LogP contribution is -2.47. The van der Waals surface area contributed by atoms with Crippen LogP contribution in [0.2, 0.25) is 0 Å². The second-order valence-corrected chi connectivity index (χ2v) is 6.52. The number of amides is 2. The highest BCUT2D eigenvalue weighted by molar-refractivity contribution is 5.96. The van der Waals surface area contributed by atoms with Gasteiger partial charge in [0.1, 0.15) is 18.4 Å². The molecule has 0 saturated carbocycles. The third-order valence-electron chi connectivity index (χ3n) is 4.41. The van der Waals surface area contributed by atoms with E-state index in [0.717, 1.165) is 17.7 Å². The number of nitrogens with one attached hydrogen (secondary N) is 2. The van der Waals surface area contributed by atoms with Crippen LogP contribution in [0, 0.1) is 5.92 Å². The average molecular weight is 384 g/mol. The summed E-state index contributed by atoms with van der Waals surface area (Å²) in [5.74, 6) is 0.406. The minimum atomic E-state index is -0.695. The Kier molecular flexibility index (Phi) is 8.34. The van der Waals surface area contributed by atoms with Gasteiger partial charge in [-0.3, -0.25) is 4.79 Å². The van der Waals surface area contributed by atoms with Crippen molar-refractivity contribution in [3.63, 3.8) is 0 Å². The summed E-state index contributed by atoms with van der Waals surface area (Å²) in [6.07, 6.45) is 0.122. The van der Waals surface area contributed by atoms with Gasteiger partial charge in [0.25, 0.3) is 0 Å². The summed E-state index contributed by atoms with van der Waals surface area (Å²) >= 11 is 0. The van der Waals surface area contributed by atoms with E-state index < -0.39 is 12.1 Å². The first-order valence-electron chi connectivity index (χ1n) is 9.54. The largest absolute Gasteiger partial charge is 0.494 e. The number of hydrogen-bond acceptors (Lipinski definition) is 4. The fourth-order valence-corrected chi connectivity index (χ4v) is 2.61. The summed E-state index contributed by atoms with van der Waals surface area (Å²) in [6, 6.07) is 15.8. The van der Waals surface area contributed by atoms with Gasteiger partial charge in [0.05, 0.1) is 6.61 Å². The Bertz CT molecular complexity index is 747. The first kappa shape index (κ1) is 21.3. The number of carbonyl (C=O) groups excluding carboxylic acids is 2. The molecule has 0 aliphatic heterocycles. The van der Waals surface area contributed by atoms with Crippen molar-refractivity contribution >= 4 is 17.7 Å². The molecule has 0 aliphatic rings. The van der Waals surface area contributed by atoms with Crippen LogP contribution in [0.15, 0.2) is 54.6 Å². The van der Waals surface area contributed by atoms with E-state index in [2.05, 4.69) is 10.6 Å². The lowest BCUT2D eigenvalue weighted by molar-refractivity contribution is -0.119. The van der Waals surface area contributed by atoms with Crippen molar-refractivity contribution in [1.29, 1.82) is 0 Å². The highest BCUT2D eigenvalue weighted by Crippen LogP contribution is 2.17. The highest BCUT2D eigenvalue weighted by atomic mass is 16.5. The maximum absolute atomic E-state index is 12.7. The quantitative estimate of drug-likeness (QED) is 0.673. The summed E-state index contributed by atoms with van der Waals surface area (Å²) in [5.41, 5.74) is 1.53. The van der Waals surface area contributed by atoms with Crippen LogP contribution in [0.5, 0.6) is 5.75 Å².